The van der Waals surface area contributed by atoms with Crippen LogP contribution in [-0.4, -0.2) is 40.9 Å². The summed E-state index contributed by atoms with van der Waals surface area (Å²) >= 11 is 12.2. The van der Waals surface area contributed by atoms with Crippen LogP contribution < -0.4 is 10.2 Å². The number of morpholine rings is 1. The first-order chi connectivity index (χ1) is 12.4. The molecule has 0 saturated carbocycles. The number of hydrogen-bond acceptors (Lipinski definition) is 6. The average Bonchev–Trinajstić information content (AvgIpc) is 2.55. The molecule has 1 saturated heterocycles. The average molecular weight is 395 g/mol. The molecule has 0 radical (unpaired) electrons. The summed E-state index contributed by atoms with van der Waals surface area (Å²) in [5, 5.41) is 3.13. The maximum absolute atomic E-state index is 12.2. The second-order valence-corrected chi connectivity index (χ2v) is 6.19. The van der Waals surface area contributed by atoms with Gasteiger partial charge in [-0.05, 0) is 18.2 Å². The van der Waals surface area contributed by atoms with Crippen molar-refractivity contribution in [3.63, 3.8) is 0 Å². The van der Waals surface area contributed by atoms with Gasteiger partial charge in [0.25, 0.3) is 11.8 Å². The normalized spacial score (nSPS) is 14.5. The molecule has 1 N–H and O–H groups in total. The molecular formula is C16H12Cl2N4O4. The molecule has 2 heterocycles. The molecule has 0 bridgehead atoms. The Labute approximate surface area is 158 Å². The molecule has 3 amide bonds. The van der Waals surface area contributed by atoms with Crippen molar-refractivity contribution in [1.82, 2.24) is 9.97 Å². The van der Waals surface area contributed by atoms with Crippen molar-refractivity contribution < 1.29 is 19.1 Å². The van der Waals surface area contributed by atoms with Gasteiger partial charge >= 0.3 is 0 Å². The summed E-state index contributed by atoms with van der Waals surface area (Å²) in [7, 11) is 0. The van der Waals surface area contributed by atoms with E-state index < -0.39 is 11.8 Å². The van der Waals surface area contributed by atoms with Crippen molar-refractivity contribution in [1.29, 1.82) is 0 Å². The van der Waals surface area contributed by atoms with E-state index in [-0.39, 0.29) is 41.5 Å². The molecule has 1 fully saturated rings. The van der Waals surface area contributed by atoms with Gasteiger partial charge in [0.1, 0.15) is 18.9 Å². The molecule has 0 unspecified atom stereocenters. The number of anilines is 2. The summed E-state index contributed by atoms with van der Waals surface area (Å²) < 4.78 is 4.93. The first-order valence-electron chi connectivity index (χ1n) is 7.40. The van der Waals surface area contributed by atoms with Crippen LogP contribution in [0.5, 0.6) is 0 Å². The number of halogens is 2. The molecule has 26 heavy (non-hydrogen) atoms. The monoisotopic (exact) mass is 394 g/mol. The first kappa shape index (κ1) is 18.2. The number of nitrogens with one attached hydrogen (secondary N) is 1. The predicted molar refractivity (Wildman–Crippen MR) is 95.1 cm³/mol. The molecule has 0 spiro atoms. The Morgan fingerprint density at radius 2 is 1.92 bits per heavy atom. The van der Waals surface area contributed by atoms with Gasteiger partial charge in [-0.3, -0.25) is 19.7 Å². The van der Waals surface area contributed by atoms with Crippen LogP contribution in [0.1, 0.15) is 6.92 Å². The number of hydrogen-bond donors (Lipinski definition) is 1. The van der Waals surface area contributed by atoms with E-state index in [1.807, 2.05) is 0 Å². The van der Waals surface area contributed by atoms with Crippen LogP contribution in [0.25, 0.3) is 11.3 Å². The second-order valence-electron chi connectivity index (χ2n) is 5.35. The van der Waals surface area contributed by atoms with Crippen LogP contribution in [0.3, 0.4) is 0 Å². The van der Waals surface area contributed by atoms with Crippen molar-refractivity contribution in [2.45, 2.75) is 6.92 Å². The molecular weight excluding hydrogens is 383 g/mol. The summed E-state index contributed by atoms with van der Waals surface area (Å²) in [6.45, 7) is 0.821. The van der Waals surface area contributed by atoms with E-state index in [0.29, 0.717) is 10.6 Å². The zero-order chi connectivity index (χ0) is 18.8. The highest BCUT2D eigenvalue weighted by Crippen LogP contribution is 2.36. The van der Waals surface area contributed by atoms with Gasteiger partial charge < -0.3 is 4.74 Å². The fourth-order valence-corrected chi connectivity index (χ4v) is 2.90. The molecule has 1 aliphatic heterocycles. The third-order valence-electron chi connectivity index (χ3n) is 3.43. The lowest BCUT2D eigenvalue weighted by Gasteiger charge is -2.26. The van der Waals surface area contributed by atoms with Crippen LogP contribution in [0.2, 0.25) is 10.0 Å². The van der Waals surface area contributed by atoms with E-state index >= 15 is 0 Å². The number of carbonyl (C=O) groups is 3. The molecule has 1 aromatic carbocycles. The maximum atomic E-state index is 12.2. The first-order valence-corrected chi connectivity index (χ1v) is 8.16. The minimum Gasteiger partial charge on any atom is -0.362 e. The Kier molecular flexibility index (Phi) is 5.17. The van der Waals surface area contributed by atoms with E-state index in [4.69, 9.17) is 27.9 Å². The zero-order valence-electron chi connectivity index (χ0n) is 13.5. The van der Waals surface area contributed by atoms with Crippen LogP contribution in [0.15, 0.2) is 24.4 Å². The number of rotatable bonds is 3. The lowest BCUT2D eigenvalue weighted by Crippen LogP contribution is -2.46. The van der Waals surface area contributed by atoms with Gasteiger partial charge in [-0.1, -0.05) is 23.2 Å². The zero-order valence-corrected chi connectivity index (χ0v) is 15.0. The van der Waals surface area contributed by atoms with Gasteiger partial charge in [0, 0.05) is 17.5 Å². The molecule has 1 aromatic heterocycles. The largest absolute Gasteiger partial charge is 0.362 e. The molecule has 134 valence electrons. The lowest BCUT2D eigenvalue weighted by atomic mass is 10.1. The van der Waals surface area contributed by atoms with Gasteiger partial charge in [0.15, 0.2) is 0 Å². The molecule has 8 nitrogen and oxygen atoms in total. The Balaban J connectivity index is 2.18. The van der Waals surface area contributed by atoms with Gasteiger partial charge in [0.2, 0.25) is 11.9 Å². The highest BCUT2D eigenvalue weighted by Gasteiger charge is 2.31. The summed E-state index contributed by atoms with van der Waals surface area (Å²) in [4.78, 5) is 44.9. The third-order valence-corrected chi connectivity index (χ3v) is 3.98. The molecule has 1 aliphatic rings. The summed E-state index contributed by atoms with van der Waals surface area (Å²) in [5.41, 5.74) is 0.766. The van der Waals surface area contributed by atoms with Crippen molar-refractivity contribution in [3.8, 4) is 11.3 Å². The van der Waals surface area contributed by atoms with E-state index in [0.717, 1.165) is 4.90 Å². The summed E-state index contributed by atoms with van der Waals surface area (Å²) in [6, 6.07) is 4.70. The van der Waals surface area contributed by atoms with Crippen LogP contribution in [-0.2, 0) is 19.1 Å². The van der Waals surface area contributed by atoms with E-state index in [9.17, 15) is 14.4 Å². The van der Waals surface area contributed by atoms with Crippen LogP contribution in [0, 0.1) is 0 Å². The Morgan fingerprint density at radius 3 is 2.54 bits per heavy atom. The Hall–Kier alpha value is -2.55. The number of imide groups is 1. The molecule has 0 atom stereocenters. The fraction of sp³-hybridized carbons (Fsp3) is 0.188. The van der Waals surface area contributed by atoms with Crippen molar-refractivity contribution in [2.75, 3.05) is 23.4 Å². The summed E-state index contributed by atoms with van der Waals surface area (Å²) in [5.74, 6) is -1.47. The maximum Gasteiger partial charge on any atom is 0.259 e. The predicted octanol–water partition coefficient (Wildman–Crippen LogP) is 2.30. The fourth-order valence-electron chi connectivity index (χ4n) is 2.40. The molecule has 0 aliphatic carbocycles. The number of amides is 3. The number of nitrogens with zero attached hydrogens (tertiary/aromatic N) is 3. The van der Waals surface area contributed by atoms with Crippen molar-refractivity contribution >= 4 is 52.6 Å². The van der Waals surface area contributed by atoms with Gasteiger partial charge in [0.05, 0.1) is 16.9 Å². The quantitative estimate of drug-likeness (QED) is 0.801. The van der Waals surface area contributed by atoms with E-state index in [1.54, 1.807) is 12.1 Å². The lowest BCUT2D eigenvalue weighted by molar-refractivity contribution is -0.138. The van der Waals surface area contributed by atoms with Crippen LogP contribution in [0.4, 0.5) is 11.6 Å². The van der Waals surface area contributed by atoms with Gasteiger partial charge in [-0.2, -0.15) is 0 Å². The van der Waals surface area contributed by atoms with Gasteiger partial charge in [-0.15, -0.1) is 0 Å². The minimum atomic E-state index is -0.552. The summed E-state index contributed by atoms with van der Waals surface area (Å²) in [6.07, 6.45) is 1.28. The van der Waals surface area contributed by atoms with Crippen molar-refractivity contribution in [3.05, 3.63) is 34.4 Å². The van der Waals surface area contributed by atoms with Crippen LogP contribution >= 0.6 is 23.2 Å². The SMILES string of the molecule is CC(=O)Nc1ncc(N2C(=O)COCC2=O)c(-c2ccc(Cl)cc2Cl)n1. The third kappa shape index (κ3) is 3.67. The number of aromatic nitrogens is 2. The van der Waals surface area contributed by atoms with E-state index in [2.05, 4.69) is 15.3 Å². The van der Waals surface area contributed by atoms with Gasteiger partial charge in [-0.25, -0.2) is 14.9 Å². The topological polar surface area (TPSA) is 101 Å². The second kappa shape index (κ2) is 7.36. The number of benzene rings is 1. The highest BCUT2D eigenvalue weighted by atomic mass is 35.5. The highest BCUT2D eigenvalue weighted by molar-refractivity contribution is 6.36. The van der Waals surface area contributed by atoms with Crippen molar-refractivity contribution in [2.24, 2.45) is 0 Å². The molecule has 10 heteroatoms. The number of carbonyl (C=O) groups excluding carboxylic acids is 3. The number of ether oxygens (including phenoxy) is 1. The Bertz CT molecular complexity index is 903. The minimum absolute atomic E-state index is 0.00965. The van der Waals surface area contributed by atoms with E-state index in [1.165, 1.54) is 19.2 Å². The standard InChI is InChI=1S/C16H12Cl2N4O4/c1-8(23)20-16-19-5-12(22-13(24)6-26-7-14(22)25)15(21-16)10-3-2-9(17)4-11(10)18/h2-5H,6-7H2,1H3,(H,19,20,21,23). The smallest absolute Gasteiger partial charge is 0.259 e. The molecule has 2 aromatic rings. The Morgan fingerprint density at radius 1 is 1.23 bits per heavy atom. The molecule has 3 rings (SSSR count).